The summed E-state index contributed by atoms with van der Waals surface area (Å²) in [7, 11) is 0. The third-order valence-electron chi connectivity index (χ3n) is 6.62. The van der Waals surface area contributed by atoms with Crippen LogP contribution in [0.5, 0.6) is 5.75 Å². The summed E-state index contributed by atoms with van der Waals surface area (Å²) < 4.78 is 5.70. The van der Waals surface area contributed by atoms with Crippen molar-refractivity contribution in [3.63, 3.8) is 0 Å². The van der Waals surface area contributed by atoms with Gasteiger partial charge in [0, 0.05) is 21.2 Å². The van der Waals surface area contributed by atoms with Crippen LogP contribution >= 0.6 is 23.5 Å². The highest BCUT2D eigenvalue weighted by Gasteiger charge is 2.36. The van der Waals surface area contributed by atoms with Gasteiger partial charge in [-0.05, 0) is 67.9 Å². The molecule has 0 saturated carbocycles. The van der Waals surface area contributed by atoms with Crippen molar-refractivity contribution in [3.8, 4) is 5.75 Å². The number of nitrogens with one attached hydrogen (secondary N) is 2. The fourth-order valence-corrected chi connectivity index (χ4v) is 6.71. The van der Waals surface area contributed by atoms with Crippen LogP contribution in [0.3, 0.4) is 0 Å². The maximum atomic E-state index is 13.6. The Morgan fingerprint density at radius 3 is 2.60 bits per heavy atom. The van der Waals surface area contributed by atoms with Crippen LogP contribution in [-0.2, 0) is 4.79 Å². The number of ether oxygens (including phenoxy) is 1. The molecule has 0 bridgehead atoms. The second-order valence-electron chi connectivity index (χ2n) is 9.61. The number of rotatable bonds is 9. The van der Waals surface area contributed by atoms with E-state index in [0.29, 0.717) is 12.3 Å². The number of carbonyl (C=O) groups excluding carboxylic acids is 2. The van der Waals surface area contributed by atoms with Crippen LogP contribution in [0.25, 0.3) is 0 Å². The number of urea groups is 1. The first-order chi connectivity index (χ1) is 19.5. The van der Waals surface area contributed by atoms with Crippen molar-refractivity contribution in [2.24, 2.45) is 0 Å². The maximum Gasteiger partial charge on any atom is 0.326 e. The quantitative estimate of drug-likeness (QED) is 0.201. The molecule has 3 aromatic rings. The Kier molecular flexibility index (Phi) is 9.19. The minimum absolute atomic E-state index is 0.0665. The van der Waals surface area contributed by atoms with Gasteiger partial charge >= 0.3 is 6.03 Å². The third kappa shape index (κ3) is 6.74. The van der Waals surface area contributed by atoms with E-state index < -0.39 is 0 Å². The molecule has 40 heavy (non-hydrogen) atoms. The largest absolute Gasteiger partial charge is 0.494 e. The maximum absolute atomic E-state index is 13.6. The number of hydrogen-bond acceptors (Lipinski definition) is 5. The summed E-state index contributed by atoms with van der Waals surface area (Å²) in [5.41, 5.74) is 2.32. The van der Waals surface area contributed by atoms with Gasteiger partial charge in [-0.1, -0.05) is 55.8 Å². The first-order valence-electron chi connectivity index (χ1n) is 13.5. The SMILES string of the molecule is CCCCOc1ccc(NC(=O)C(C)Sc2cccc(NC(=O)N3c4ccccc4SC4C=CC=CC43)c2)cc1. The molecule has 0 aromatic heterocycles. The van der Waals surface area contributed by atoms with E-state index in [4.69, 9.17) is 4.74 Å². The Bertz CT molecular complexity index is 1410. The van der Waals surface area contributed by atoms with Gasteiger partial charge in [0.15, 0.2) is 0 Å². The van der Waals surface area contributed by atoms with Gasteiger partial charge in [0.2, 0.25) is 5.91 Å². The summed E-state index contributed by atoms with van der Waals surface area (Å²) in [6, 6.07) is 22.8. The lowest BCUT2D eigenvalue weighted by molar-refractivity contribution is -0.115. The zero-order valence-corrected chi connectivity index (χ0v) is 24.2. The lowest BCUT2D eigenvalue weighted by atomic mass is 10.1. The molecule has 0 saturated heterocycles. The molecule has 2 N–H and O–H groups in total. The molecule has 3 atom stereocenters. The Hall–Kier alpha value is -3.62. The lowest BCUT2D eigenvalue weighted by Gasteiger charge is -2.40. The number of thioether (sulfide) groups is 2. The van der Waals surface area contributed by atoms with Crippen LogP contribution in [0.15, 0.2) is 107 Å². The van der Waals surface area contributed by atoms with Crippen molar-refractivity contribution in [2.45, 2.75) is 53.0 Å². The first kappa shape index (κ1) is 27.9. The lowest BCUT2D eigenvalue weighted by Crippen LogP contribution is -2.49. The first-order valence-corrected chi connectivity index (χ1v) is 15.3. The number of benzene rings is 3. The normalized spacial score (nSPS) is 17.9. The smallest absolute Gasteiger partial charge is 0.326 e. The molecule has 3 unspecified atom stereocenters. The van der Waals surface area contributed by atoms with E-state index in [0.717, 1.165) is 39.8 Å². The zero-order valence-electron chi connectivity index (χ0n) is 22.6. The summed E-state index contributed by atoms with van der Waals surface area (Å²) in [6.45, 7) is 4.69. The molecular formula is C32H33N3O3S2. The number of carbonyl (C=O) groups is 2. The number of fused-ring (bicyclic) bond motifs is 2. The minimum Gasteiger partial charge on any atom is -0.494 e. The molecule has 5 rings (SSSR count). The zero-order chi connectivity index (χ0) is 27.9. The van der Waals surface area contributed by atoms with Gasteiger partial charge in [-0.2, -0.15) is 0 Å². The Morgan fingerprint density at radius 1 is 0.975 bits per heavy atom. The van der Waals surface area contributed by atoms with Gasteiger partial charge in [0.25, 0.3) is 0 Å². The molecular weight excluding hydrogens is 539 g/mol. The standard InChI is InChI=1S/C32H33N3O3S2/c1-3-4-20-38-25-18-16-23(17-19-25)33-31(36)22(2)39-26-11-9-10-24(21-26)34-32(37)35-27-12-5-7-14-29(27)40-30-15-8-6-13-28(30)35/h5-19,21-22,27,29H,3-4,20H2,1-2H3,(H,33,36)(H,34,37). The molecule has 0 fully saturated rings. The molecule has 3 amide bonds. The molecule has 1 aliphatic carbocycles. The van der Waals surface area contributed by atoms with Gasteiger partial charge in [0.05, 0.1) is 28.8 Å². The van der Waals surface area contributed by atoms with Gasteiger partial charge in [-0.3, -0.25) is 9.69 Å². The monoisotopic (exact) mass is 571 g/mol. The number of nitrogens with zero attached hydrogens (tertiary/aromatic N) is 1. The van der Waals surface area contributed by atoms with Crippen LogP contribution in [0, 0.1) is 0 Å². The second kappa shape index (κ2) is 13.2. The van der Waals surface area contributed by atoms with Crippen molar-refractivity contribution in [1.29, 1.82) is 0 Å². The summed E-state index contributed by atoms with van der Waals surface area (Å²) in [6.07, 6.45) is 10.3. The van der Waals surface area contributed by atoms with E-state index in [1.54, 1.807) is 11.8 Å². The third-order valence-corrected chi connectivity index (χ3v) is 9.02. The number of unbranched alkanes of at least 4 members (excludes halogenated alkanes) is 1. The second-order valence-corrected chi connectivity index (χ2v) is 12.2. The molecule has 0 spiro atoms. The van der Waals surface area contributed by atoms with Gasteiger partial charge in [-0.25, -0.2) is 4.79 Å². The van der Waals surface area contributed by atoms with E-state index in [1.807, 2.05) is 90.7 Å². The fraction of sp³-hybridized carbons (Fsp3) is 0.250. The van der Waals surface area contributed by atoms with Crippen molar-refractivity contribution in [1.82, 2.24) is 0 Å². The number of anilines is 3. The fourth-order valence-electron chi connectivity index (χ4n) is 4.53. The van der Waals surface area contributed by atoms with Crippen LogP contribution < -0.4 is 20.3 Å². The summed E-state index contributed by atoms with van der Waals surface area (Å²) in [5.74, 6) is 0.704. The van der Waals surface area contributed by atoms with Gasteiger partial charge in [-0.15, -0.1) is 23.5 Å². The topological polar surface area (TPSA) is 70.7 Å². The molecule has 1 heterocycles. The Balaban J connectivity index is 1.21. The van der Waals surface area contributed by atoms with Crippen LogP contribution in [0.4, 0.5) is 21.9 Å². The Labute approximate surface area is 244 Å². The van der Waals surface area contributed by atoms with Crippen LogP contribution in [-0.4, -0.2) is 35.1 Å². The minimum atomic E-state index is -0.336. The molecule has 6 nitrogen and oxygen atoms in total. The van der Waals surface area contributed by atoms with Crippen LogP contribution in [0.2, 0.25) is 0 Å². The highest BCUT2D eigenvalue weighted by atomic mass is 32.2. The van der Waals surface area contributed by atoms with Crippen molar-refractivity contribution < 1.29 is 14.3 Å². The van der Waals surface area contributed by atoms with Gasteiger partial charge < -0.3 is 15.4 Å². The molecule has 0 radical (unpaired) electrons. The summed E-state index contributed by atoms with van der Waals surface area (Å²) in [5, 5.41) is 5.89. The van der Waals surface area contributed by atoms with Crippen molar-refractivity contribution in [3.05, 3.63) is 97.1 Å². The van der Waals surface area contributed by atoms with E-state index in [1.165, 1.54) is 11.8 Å². The van der Waals surface area contributed by atoms with Gasteiger partial charge in [0.1, 0.15) is 5.75 Å². The predicted octanol–water partition coefficient (Wildman–Crippen LogP) is 7.99. The van der Waals surface area contributed by atoms with E-state index in [2.05, 4.69) is 35.8 Å². The van der Waals surface area contributed by atoms with Crippen molar-refractivity contribution >= 4 is 52.5 Å². The summed E-state index contributed by atoms with van der Waals surface area (Å²) >= 11 is 3.22. The van der Waals surface area contributed by atoms with E-state index >= 15 is 0 Å². The van der Waals surface area contributed by atoms with E-state index in [9.17, 15) is 9.59 Å². The average molecular weight is 572 g/mol. The van der Waals surface area contributed by atoms with Crippen molar-refractivity contribution in [2.75, 3.05) is 22.1 Å². The Morgan fingerprint density at radius 2 is 1.77 bits per heavy atom. The molecule has 206 valence electrons. The molecule has 3 aromatic carbocycles. The molecule has 1 aliphatic heterocycles. The highest BCUT2D eigenvalue weighted by Crippen LogP contribution is 2.43. The molecule has 8 heteroatoms. The summed E-state index contributed by atoms with van der Waals surface area (Å²) in [4.78, 5) is 30.3. The van der Waals surface area contributed by atoms with Crippen LogP contribution in [0.1, 0.15) is 26.7 Å². The average Bonchev–Trinajstić information content (AvgIpc) is 2.97. The number of hydrogen-bond donors (Lipinski definition) is 2. The highest BCUT2D eigenvalue weighted by molar-refractivity contribution is 8.00. The predicted molar refractivity (Wildman–Crippen MR) is 167 cm³/mol. The molecule has 2 aliphatic rings. The number of allylic oxidation sites excluding steroid dienone is 2. The number of amides is 3. The van der Waals surface area contributed by atoms with E-state index in [-0.39, 0.29) is 28.5 Å². The number of para-hydroxylation sites is 1.